The van der Waals surface area contributed by atoms with E-state index in [4.69, 9.17) is 4.42 Å². The first-order valence-electron chi connectivity index (χ1n) is 8.91. The fourth-order valence-electron chi connectivity index (χ4n) is 3.07. The molecule has 1 aliphatic heterocycles. The molecule has 0 saturated carbocycles. The molecule has 0 radical (unpaired) electrons. The Balaban J connectivity index is 1.37. The van der Waals surface area contributed by atoms with Gasteiger partial charge < -0.3 is 19.5 Å². The largest absolute Gasteiger partial charge is 0.461 e. The molecule has 0 spiro atoms. The van der Waals surface area contributed by atoms with Crippen molar-refractivity contribution in [2.45, 2.75) is 6.54 Å². The van der Waals surface area contributed by atoms with E-state index in [1.165, 1.54) is 5.69 Å². The van der Waals surface area contributed by atoms with E-state index < -0.39 is 0 Å². The van der Waals surface area contributed by atoms with E-state index in [-0.39, 0.29) is 0 Å². The zero-order chi connectivity index (χ0) is 17.8. The highest BCUT2D eigenvalue weighted by Crippen LogP contribution is 2.20. The molecule has 1 fully saturated rings. The zero-order valence-corrected chi connectivity index (χ0v) is 14.9. The molecule has 0 unspecified atom stereocenters. The summed E-state index contributed by atoms with van der Waals surface area (Å²) in [6, 6.07) is 14.2. The SMILES string of the molecule is CN1CCN(c2ccc(NCc3ccnc(-c4ccco4)n3)cc2)CC1. The van der Waals surface area contributed by atoms with Crippen molar-refractivity contribution >= 4 is 11.4 Å². The molecule has 1 saturated heterocycles. The van der Waals surface area contributed by atoms with Gasteiger partial charge in [0.25, 0.3) is 0 Å². The average molecular weight is 349 g/mol. The molecule has 0 bridgehead atoms. The van der Waals surface area contributed by atoms with Crippen LogP contribution in [0.5, 0.6) is 0 Å². The second kappa shape index (κ2) is 7.58. The van der Waals surface area contributed by atoms with Crippen LogP contribution in [0.25, 0.3) is 11.6 Å². The number of piperazine rings is 1. The minimum absolute atomic E-state index is 0.611. The smallest absolute Gasteiger partial charge is 0.195 e. The standard InChI is InChI=1S/C20H23N5O/c1-24-10-12-25(13-11-24)18-6-4-16(5-7-18)22-15-17-8-9-21-20(23-17)19-3-2-14-26-19/h2-9,14,22H,10-13,15H2,1H3. The van der Waals surface area contributed by atoms with Crippen LogP contribution < -0.4 is 10.2 Å². The summed E-state index contributed by atoms with van der Waals surface area (Å²) in [5.74, 6) is 1.29. The Hall–Kier alpha value is -2.86. The predicted octanol–water partition coefficient (Wildman–Crippen LogP) is 3.10. The fraction of sp³-hybridized carbons (Fsp3) is 0.300. The lowest BCUT2D eigenvalue weighted by atomic mass is 10.2. The van der Waals surface area contributed by atoms with Crippen LogP contribution in [0.2, 0.25) is 0 Å². The monoisotopic (exact) mass is 349 g/mol. The van der Waals surface area contributed by atoms with E-state index in [1.807, 2.05) is 18.2 Å². The summed E-state index contributed by atoms with van der Waals surface area (Å²) >= 11 is 0. The quantitative estimate of drug-likeness (QED) is 0.764. The first-order chi connectivity index (χ1) is 12.8. The molecule has 1 N–H and O–H groups in total. The van der Waals surface area contributed by atoms with Crippen molar-refractivity contribution in [3.05, 3.63) is 60.6 Å². The highest BCUT2D eigenvalue weighted by Gasteiger charge is 2.13. The predicted molar refractivity (Wildman–Crippen MR) is 103 cm³/mol. The minimum atomic E-state index is 0.611. The third-order valence-electron chi connectivity index (χ3n) is 4.66. The molecule has 3 heterocycles. The van der Waals surface area contributed by atoms with Crippen LogP contribution in [-0.2, 0) is 6.54 Å². The number of likely N-dealkylation sites (N-methyl/N-ethyl adjacent to an activating group) is 1. The van der Waals surface area contributed by atoms with Crippen molar-refractivity contribution in [1.29, 1.82) is 0 Å². The molecule has 0 atom stereocenters. The molecule has 3 aromatic rings. The summed E-state index contributed by atoms with van der Waals surface area (Å²) < 4.78 is 5.36. The van der Waals surface area contributed by atoms with Gasteiger partial charge in [-0.15, -0.1) is 0 Å². The van der Waals surface area contributed by atoms with Gasteiger partial charge in [-0.05, 0) is 49.5 Å². The second-order valence-corrected chi connectivity index (χ2v) is 6.54. The number of hydrogen-bond acceptors (Lipinski definition) is 6. The van der Waals surface area contributed by atoms with E-state index >= 15 is 0 Å². The number of aromatic nitrogens is 2. The van der Waals surface area contributed by atoms with Gasteiger partial charge >= 0.3 is 0 Å². The van der Waals surface area contributed by atoms with Gasteiger partial charge in [0.1, 0.15) is 0 Å². The molecular weight excluding hydrogens is 326 g/mol. The second-order valence-electron chi connectivity index (χ2n) is 6.54. The third kappa shape index (κ3) is 3.86. The van der Waals surface area contributed by atoms with Crippen LogP contribution in [0.4, 0.5) is 11.4 Å². The summed E-state index contributed by atoms with van der Waals surface area (Å²) in [6.45, 7) is 5.04. The number of hydrogen-bond donors (Lipinski definition) is 1. The lowest BCUT2D eigenvalue weighted by Crippen LogP contribution is -2.44. The minimum Gasteiger partial charge on any atom is -0.461 e. The van der Waals surface area contributed by atoms with Gasteiger partial charge in [-0.3, -0.25) is 0 Å². The maximum Gasteiger partial charge on any atom is 0.195 e. The van der Waals surface area contributed by atoms with Gasteiger partial charge in [0, 0.05) is 43.8 Å². The van der Waals surface area contributed by atoms with E-state index in [1.54, 1.807) is 12.5 Å². The average Bonchev–Trinajstić information content (AvgIpc) is 3.23. The molecule has 134 valence electrons. The Morgan fingerprint density at radius 3 is 2.58 bits per heavy atom. The Morgan fingerprint density at radius 1 is 1.04 bits per heavy atom. The maximum atomic E-state index is 5.36. The van der Waals surface area contributed by atoms with Crippen molar-refractivity contribution in [3.63, 3.8) is 0 Å². The van der Waals surface area contributed by atoms with E-state index in [9.17, 15) is 0 Å². The highest BCUT2D eigenvalue weighted by atomic mass is 16.3. The first kappa shape index (κ1) is 16.6. The fourth-order valence-corrected chi connectivity index (χ4v) is 3.07. The van der Waals surface area contributed by atoms with E-state index in [0.717, 1.165) is 37.6 Å². The van der Waals surface area contributed by atoms with Crippen LogP contribution in [0.15, 0.2) is 59.3 Å². The van der Waals surface area contributed by atoms with Gasteiger partial charge in [-0.2, -0.15) is 0 Å². The molecule has 1 aromatic carbocycles. The Labute approximate surface area is 153 Å². The summed E-state index contributed by atoms with van der Waals surface area (Å²) in [7, 11) is 2.18. The molecule has 1 aliphatic rings. The van der Waals surface area contributed by atoms with Crippen molar-refractivity contribution in [2.75, 3.05) is 43.4 Å². The third-order valence-corrected chi connectivity index (χ3v) is 4.66. The van der Waals surface area contributed by atoms with Crippen molar-refractivity contribution in [2.24, 2.45) is 0 Å². The maximum absolute atomic E-state index is 5.36. The van der Waals surface area contributed by atoms with Crippen LogP contribution >= 0.6 is 0 Å². The number of rotatable bonds is 5. The van der Waals surface area contributed by atoms with Crippen LogP contribution in [-0.4, -0.2) is 48.1 Å². The molecule has 6 nitrogen and oxygen atoms in total. The number of anilines is 2. The van der Waals surface area contributed by atoms with Gasteiger partial charge in [0.05, 0.1) is 18.5 Å². The van der Waals surface area contributed by atoms with E-state index in [2.05, 4.69) is 56.4 Å². The molecular formula is C20H23N5O. The van der Waals surface area contributed by atoms with Gasteiger partial charge in [-0.1, -0.05) is 0 Å². The van der Waals surface area contributed by atoms with Gasteiger partial charge in [-0.25, -0.2) is 9.97 Å². The van der Waals surface area contributed by atoms with Gasteiger partial charge in [0.15, 0.2) is 11.6 Å². The molecule has 2 aromatic heterocycles. The normalized spacial score (nSPS) is 15.2. The zero-order valence-electron chi connectivity index (χ0n) is 14.9. The molecule has 0 amide bonds. The lowest BCUT2D eigenvalue weighted by molar-refractivity contribution is 0.313. The topological polar surface area (TPSA) is 57.4 Å². The number of nitrogens with zero attached hydrogens (tertiary/aromatic N) is 4. The van der Waals surface area contributed by atoms with Crippen LogP contribution in [0, 0.1) is 0 Å². The summed E-state index contributed by atoms with van der Waals surface area (Å²) in [4.78, 5) is 13.6. The van der Waals surface area contributed by atoms with Crippen LogP contribution in [0.3, 0.4) is 0 Å². The summed E-state index contributed by atoms with van der Waals surface area (Å²) in [5.41, 5.74) is 3.29. The summed E-state index contributed by atoms with van der Waals surface area (Å²) in [6.07, 6.45) is 3.39. The van der Waals surface area contributed by atoms with Crippen LogP contribution in [0.1, 0.15) is 5.69 Å². The number of nitrogens with one attached hydrogen (secondary N) is 1. The molecule has 26 heavy (non-hydrogen) atoms. The van der Waals surface area contributed by atoms with E-state index in [0.29, 0.717) is 18.1 Å². The first-order valence-corrected chi connectivity index (χ1v) is 8.91. The molecule has 0 aliphatic carbocycles. The van der Waals surface area contributed by atoms with Gasteiger partial charge in [0.2, 0.25) is 0 Å². The van der Waals surface area contributed by atoms with Crippen molar-refractivity contribution in [1.82, 2.24) is 14.9 Å². The summed E-state index contributed by atoms with van der Waals surface area (Å²) in [5, 5.41) is 3.42. The number of benzene rings is 1. The Bertz CT molecular complexity index is 824. The lowest BCUT2D eigenvalue weighted by Gasteiger charge is -2.34. The highest BCUT2D eigenvalue weighted by molar-refractivity contribution is 5.55. The Morgan fingerprint density at radius 2 is 1.85 bits per heavy atom. The Kier molecular flexibility index (Phi) is 4.84. The van der Waals surface area contributed by atoms with Crippen molar-refractivity contribution < 1.29 is 4.42 Å². The van der Waals surface area contributed by atoms with Crippen molar-refractivity contribution in [3.8, 4) is 11.6 Å². The molecule has 6 heteroatoms. The number of furan rings is 1. The molecule has 4 rings (SSSR count).